The van der Waals surface area contributed by atoms with Crippen LogP contribution in [-0.2, 0) is 11.3 Å². The Kier molecular flexibility index (Phi) is 6.51. The van der Waals surface area contributed by atoms with Crippen LogP contribution in [0.1, 0.15) is 57.9 Å². The first-order valence-corrected chi connectivity index (χ1v) is 11.2. The Morgan fingerprint density at radius 2 is 1.76 bits per heavy atom. The lowest BCUT2D eigenvalue weighted by Crippen LogP contribution is -2.32. The summed E-state index contributed by atoms with van der Waals surface area (Å²) in [4.78, 5) is 0. The van der Waals surface area contributed by atoms with Crippen molar-refractivity contribution in [3.63, 3.8) is 0 Å². The van der Waals surface area contributed by atoms with Gasteiger partial charge in [-0.1, -0.05) is 74.9 Å². The Labute approximate surface area is 175 Å². The van der Waals surface area contributed by atoms with Crippen LogP contribution in [0.5, 0.6) is 0 Å². The summed E-state index contributed by atoms with van der Waals surface area (Å²) < 4.78 is 6.58. The van der Waals surface area contributed by atoms with Gasteiger partial charge in [-0.3, -0.25) is 0 Å². The maximum Gasteiger partial charge on any atom is 0.104 e. The van der Waals surface area contributed by atoms with Crippen LogP contribution in [0.3, 0.4) is 0 Å². The van der Waals surface area contributed by atoms with E-state index >= 15 is 0 Å². The molecule has 1 aliphatic heterocycles. The molecule has 0 saturated heterocycles. The summed E-state index contributed by atoms with van der Waals surface area (Å²) in [5.74, 6) is 0.748. The van der Waals surface area contributed by atoms with E-state index in [1.165, 1.54) is 52.8 Å². The van der Waals surface area contributed by atoms with E-state index in [2.05, 4.69) is 80.0 Å². The third-order valence-electron chi connectivity index (χ3n) is 6.22. The zero-order chi connectivity index (χ0) is 20.1. The van der Waals surface area contributed by atoms with Gasteiger partial charge in [0, 0.05) is 11.9 Å². The smallest absolute Gasteiger partial charge is 0.104 e. The molecule has 0 bridgehead atoms. The zero-order valence-corrected chi connectivity index (χ0v) is 17.8. The van der Waals surface area contributed by atoms with Gasteiger partial charge in [0.05, 0.1) is 6.61 Å². The minimum Gasteiger partial charge on any atom is -0.365 e. The second-order valence-electron chi connectivity index (χ2n) is 8.57. The summed E-state index contributed by atoms with van der Waals surface area (Å²) in [6, 6.07) is 19.4. The standard InChI is InChI=1S/C27H33NO/c1-3-4-8-24-18-28-26-16-11-20(2)17-25(26)27(24)29-19-21-12-14-23(15-13-21)22-9-6-5-7-10-22/h5-7,9-10,12-15,18,20,27-28H,3-4,8,11,16-17,19H2,1-2H3. The molecule has 2 aliphatic rings. The molecule has 4 rings (SSSR count). The molecular weight excluding hydrogens is 354 g/mol. The molecule has 0 spiro atoms. The van der Waals surface area contributed by atoms with Gasteiger partial charge in [0.15, 0.2) is 0 Å². The maximum absolute atomic E-state index is 6.58. The molecule has 0 amide bonds. The van der Waals surface area contributed by atoms with E-state index in [1.54, 1.807) is 0 Å². The normalized spacial score (nSPS) is 21.4. The van der Waals surface area contributed by atoms with Crippen molar-refractivity contribution in [3.8, 4) is 11.1 Å². The zero-order valence-electron chi connectivity index (χ0n) is 17.8. The first-order chi connectivity index (χ1) is 14.2. The molecule has 0 radical (unpaired) electrons. The fraction of sp³-hybridized carbons (Fsp3) is 0.407. The molecular formula is C27H33NO. The largest absolute Gasteiger partial charge is 0.365 e. The first kappa shape index (κ1) is 20.0. The number of nitrogens with one attached hydrogen (secondary N) is 1. The fourth-order valence-corrected chi connectivity index (χ4v) is 4.46. The predicted molar refractivity (Wildman–Crippen MR) is 121 cm³/mol. The van der Waals surface area contributed by atoms with Crippen molar-refractivity contribution in [2.24, 2.45) is 5.92 Å². The summed E-state index contributed by atoms with van der Waals surface area (Å²) in [5, 5.41) is 3.59. The average Bonchev–Trinajstić information content (AvgIpc) is 2.77. The summed E-state index contributed by atoms with van der Waals surface area (Å²) >= 11 is 0. The Morgan fingerprint density at radius 1 is 1.00 bits per heavy atom. The Morgan fingerprint density at radius 3 is 2.52 bits per heavy atom. The van der Waals surface area contributed by atoms with Gasteiger partial charge in [-0.2, -0.15) is 0 Å². The summed E-state index contributed by atoms with van der Waals surface area (Å²) in [7, 11) is 0. The van der Waals surface area contributed by atoms with Crippen molar-refractivity contribution in [3.05, 3.63) is 83.2 Å². The van der Waals surface area contributed by atoms with Crippen LogP contribution >= 0.6 is 0 Å². The van der Waals surface area contributed by atoms with Gasteiger partial charge in [0.25, 0.3) is 0 Å². The van der Waals surface area contributed by atoms with E-state index < -0.39 is 0 Å². The Balaban J connectivity index is 1.47. The van der Waals surface area contributed by atoms with Gasteiger partial charge in [-0.05, 0) is 65.9 Å². The molecule has 152 valence electrons. The molecule has 0 aromatic heterocycles. The maximum atomic E-state index is 6.58. The number of benzene rings is 2. The van der Waals surface area contributed by atoms with Gasteiger partial charge in [-0.15, -0.1) is 0 Å². The van der Waals surface area contributed by atoms with Gasteiger partial charge < -0.3 is 10.1 Å². The van der Waals surface area contributed by atoms with Gasteiger partial charge >= 0.3 is 0 Å². The third kappa shape index (κ3) is 4.82. The van der Waals surface area contributed by atoms with Crippen molar-refractivity contribution in [2.45, 2.75) is 65.1 Å². The van der Waals surface area contributed by atoms with E-state index in [1.807, 2.05) is 0 Å². The van der Waals surface area contributed by atoms with E-state index in [-0.39, 0.29) is 6.10 Å². The molecule has 1 aliphatic carbocycles. The monoisotopic (exact) mass is 387 g/mol. The second-order valence-corrected chi connectivity index (χ2v) is 8.57. The molecule has 1 N–H and O–H groups in total. The van der Waals surface area contributed by atoms with E-state index in [9.17, 15) is 0 Å². The molecule has 2 heteroatoms. The highest BCUT2D eigenvalue weighted by atomic mass is 16.5. The first-order valence-electron chi connectivity index (χ1n) is 11.2. The summed E-state index contributed by atoms with van der Waals surface area (Å²) in [6.45, 7) is 5.29. The lowest BCUT2D eigenvalue weighted by molar-refractivity contribution is 0.0766. The molecule has 0 saturated carbocycles. The number of rotatable bonds is 7. The van der Waals surface area contributed by atoms with Crippen LogP contribution in [0.4, 0.5) is 0 Å². The molecule has 2 nitrogen and oxygen atoms in total. The molecule has 2 unspecified atom stereocenters. The number of hydrogen-bond donors (Lipinski definition) is 1. The topological polar surface area (TPSA) is 21.3 Å². The van der Waals surface area contributed by atoms with Gasteiger partial charge in [0.1, 0.15) is 6.10 Å². The van der Waals surface area contributed by atoms with Crippen LogP contribution in [-0.4, -0.2) is 6.10 Å². The lowest BCUT2D eigenvalue weighted by atomic mass is 9.81. The highest BCUT2D eigenvalue weighted by Crippen LogP contribution is 2.37. The van der Waals surface area contributed by atoms with Crippen LogP contribution in [0.25, 0.3) is 11.1 Å². The molecule has 0 fully saturated rings. The van der Waals surface area contributed by atoms with Crippen LogP contribution < -0.4 is 5.32 Å². The van der Waals surface area contributed by atoms with E-state index in [0.29, 0.717) is 6.61 Å². The number of ether oxygens (including phenoxy) is 1. The molecule has 2 aromatic carbocycles. The van der Waals surface area contributed by atoms with Gasteiger partial charge in [0.2, 0.25) is 0 Å². The van der Waals surface area contributed by atoms with Gasteiger partial charge in [-0.25, -0.2) is 0 Å². The fourth-order valence-electron chi connectivity index (χ4n) is 4.46. The Bertz CT molecular complexity index is 863. The van der Waals surface area contributed by atoms with Crippen molar-refractivity contribution in [1.82, 2.24) is 5.32 Å². The minimum atomic E-state index is 0.148. The highest BCUT2D eigenvalue weighted by Gasteiger charge is 2.30. The van der Waals surface area contributed by atoms with Crippen molar-refractivity contribution in [2.75, 3.05) is 0 Å². The highest BCUT2D eigenvalue weighted by molar-refractivity contribution is 5.63. The number of dihydropyridines is 1. The third-order valence-corrected chi connectivity index (χ3v) is 6.22. The average molecular weight is 388 g/mol. The quantitative estimate of drug-likeness (QED) is 0.553. The second kappa shape index (κ2) is 9.45. The minimum absolute atomic E-state index is 0.148. The number of hydrogen-bond acceptors (Lipinski definition) is 2. The van der Waals surface area contributed by atoms with Crippen molar-refractivity contribution in [1.29, 1.82) is 0 Å². The van der Waals surface area contributed by atoms with Crippen molar-refractivity contribution >= 4 is 0 Å². The van der Waals surface area contributed by atoms with Crippen LogP contribution in [0.15, 0.2) is 77.6 Å². The summed E-state index contributed by atoms with van der Waals surface area (Å²) in [6.07, 6.45) is 9.51. The van der Waals surface area contributed by atoms with Crippen LogP contribution in [0, 0.1) is 5.92 Å². The van der Waals surface area contributed by atoms with E-state index in [0.717, 1.165) is 25.2 Å². The number of allylic oxidation sites excluding steroid dienone is 1. The van der Waals surface area contributed by atoms with Crippen molar-refractivity contribution < 1.29 is 4.74 Å². The predicted octanol–water partition coefficient (Wildman–Crippen LogP) is 6.99. The molecule has 1 heterocycles. The summed E-state index contributed by atoms with van der Waals surface area (Å²) in [5.41, 5.74) is 8.08. The lowest BCUT2D eigenvalue weighted by Gasteiger charge is -2.35. The van der Waals surface area contributed by atoms with E-state index in [4.69, 9.17) is 4.74 Å². The Hall–Kier alpha value is -2.32. The molecule has 29 heavy (non-hydrogen) atoms. The number of unbranched alkanes of at least 4 members (excludes halogenated alkanes) is 1. The molecule has 2 atom stereocenters. The molecule has 2 aromatic rings. The SMILES string of the molecule is CCCCC1=CNC2=C(CC(C)CC2)C1OCc1ccc(-c2ccccc2)cc1. The van der Waals surface area contributed by atoms with Crippen LogP contribution in [0.2, 0.25) is 0 Å².